The van der Waals surface area contributed by atoms with Crippen LogP contribution in [0.5, 0.6) is 0 Å². The van der Waals surface area contributed by atoms with Gasteiger partial charge >= 0.3 is 0 Å². The Hall–Kier alpha value is -1.05. The number of nitrogens with zero attached hydrogens (tertiary/aromatic N) is 2. The van der Waals surface area contributed by atoms with Crippen LogP contribution in [0.15, 0.2) is 39.6 Å². The van der Waals surface area contributed by atoms with Crippen LogP contribution >= 0.6 is 34.9 Å². The number of carbonyl (C=O) groups excluding carboxylic acids is 1. The molecule has 0 aliphatic heterocycles. The van der Waals surface area contributed by atoms with Gasteiger partial charge in [-0.1, -0.05) is 48.2 Å². The van der Waals surface area contributed by atoms with Gasteiger partial charge in [0.1, 0.15) is 0 Å². The van der Waals surface area contributed by atoms with Crippen molar-refractivity contribution in [3.8, 4) is 0 Å². The van der Waals surface area contributed by atoms with Gasteiger partial charge < -0.3 is 0 Å². The summed E-state index contributed by atoms with van der Waals surface area (Å²) in [6, 6.07) is 9.88. The molecule has 106 valence electrons. The van der Waals surface area contributed by atoms with E-state index in [0.29, 0.717) is 5.13 Å². The summed E-state index contributed by atoms with van der Waals surface area (Å²) in [7, 11) is 0. The van der Waals surface area contributed by atoms with E-state index in [2.05, 4.69) is 22.4 Å². The summed E-state index contributed by atoms with van der Waals surface area (Å²) in [5, 5.41) is 11.2. The number of benzene rings is 1. The average molecular weight is 325 g/mol. The molecule has 0 aliphatic carbocycles. The van der Waals surface area contributed by atoms with E-state index < -0.39 is 0 Å². The number of anilines is 1. The molecule has 4 nitrogen and oxygen atoms in total. The summed E-state index contributed by atoms with van der Waals surface area (Å²) < 4.78 is 0.881. The minimum Gasteiger partial charge on any atom is -0.300 e. The molecule has 1 heterocycles. The maximum absolute atomic E-state index is 12.1. The van der Waals surface area contributed by atoms with Crippen molar-refractivity contribution in [1.82, 2.24) is 10.2 Å². The topological polar surface area (TPSA) is 54.9 Å². The van der Waals surface area contributed by atoms with Gasteiger partial charge in [-0.3, -0.25) is 10.1 Å². The average Bonchev–Trinajstić information content (AvgIpc) is 2.87. The molecule has 0 unspecified atom stereocenters. The normalized spacial score (nSPS) is 12.1. The predicted molar refractivity (Wildman–Crippen MR) is 86.7 cm³/mol. The first-order chi connectivity index (χ1) is 9.69. The van der Waals surface area contributed by atoms with Gasteiger partial charge in [-0.05, 0) is 24.8 Å². The van der Waals surface area contributed by atoms with Crippen molar-refractivity contribution < 1.29 is 4.79 Å². The van der Waals surface area contributed by atoms with Crippen molar-refractivity contribution >= 4 is 45.9 Å². The number of aromatic nitrogens is 2. The first-order valence-electron chi connectivity index (χ1n) is 6.18. The fraction of sp³-hybridized carbons (Fsp3) is 0.308. The Morgan fingerprint density at radius 3 is 2.80 bits per heavy atom. The lowest BCUT2D eigenvalue weighted by atomic mass is 10.4. The fourth-order valence-electron chi connectivity index (χ4n) is 1.41. The minimum atomic E-state index is -0.177. The third-order valence-electron chi connectivity index (χ3n) is 2.33. The van der Waals surface area contributed by atoms with Gasteiger partial charge in [0.25, 0.3) is 0 Å². The molecule has 0 aliphatic rings. The van der Waals surface area contributed by atoms with E-state index in [4.69, 9.17) is 0 Å². The third kappa shape index (κ3) is 4.50. The van der Waals surface area contributed by atoms with Crippen molar-refractivity contribution in [3.63, 3.8) is 0 Å². The molecule has 0 fully saturated rings. The van der Waals surface area contributed by atoms with E-state index in [0.717, 1.165) is 15.0 Å². The number of amides is 1. The van der Waals surface area contributed by atoms with Gasteiger partial charge in [0, 0.05) is 4.90 Å². The molecule has 7 heteroatoms. The van der Waals surface area contributed by atoms with Crippen molar-refractivity contribution in [1.29, 1.82) is 0 Å². The maximum atomic E-state index is 12.1. The van der Waals surface area contributed by atoms with Crippen LogP contribution in [0, 0.1) is 0 Å². The largest absolute Gasteiger partial charge is 0.300 e. The highest BCUT2D eigenvalue weighted by molar-refractivity contribution is 8.01. The molecule has 1 aromatic carbocycles. The molecule has 1 aromatic heterocycles. The third-order valence-corrected chi connectivity index (χ3v) is 5.30. The number of rotatable bonds is 6. The maximum Gasteiger partial charge on any atom is 0.239 e. The number of carbonyl (C=O) groups is 1. The van der Waals surface area contributed by atoms with E-state index in [1.807, 2.05) is 37.3 Å². The Bertz CT molecular complexity index is 559. The van der Waals surface area contributed by atoms with E-state index >= 15 is 0 Å². The van der Waals surface area contributed by atoms with E-state index in [1.165, 1.54) is 23.1 Å². The fourth-order valence-corrected chi connectivity index (χ4v) is 3.95. The van der Waals surface area contributed by atoms with Gasteiger partial charge in [0.2, 0.25) is 11.0 Å². The predicted octanol–water partition coefficient (Wildman–Crippen LogP) is 3.77. The van der Waals surface area contributed by atoms with E-state index in [1.54, 1.807) is 11.8 Å². The SMILES string of the molecule is CCSc1nnc(NC(=O)[C@@H](C)Sc2ccccc2)s1. The molecule has 2 aromatic rings. The first kappa shape index (κ1) is 15.3. The van der Waals surface area contributed by atoms with Gasteiger partial charge in [-0.2, -0.15) is 0 Å². The standard InChI is InChI=1S/C13H15N3OS3/c1-3-18-13-16-15-12(20-13)14-11(17)9(2)19-10-7-5-4-6-8-10/h4-9H,3H2,1-2H3,(H,14,15,17)/t9-/m1/s1. The highest BCUT2D eigenvalue weighted by Crippen LogP contribution is 2.27. The van der Waals surface area contributed by atoms with Gasteiger partial charge in [0.05, 0.1) is 5.25 Å². The van der Waals surface area contributed by atoms with Crippen LogP contribution < -0.4 is 5.32 Å². The van der Waals surface area contributed by atoms with Crippen LogP contribution in [-0.4, -0.2) is 27.1 Å². The molecule has 1 amide bonds. The van der Waals surface area contributed by atoms with E-state index in [9.17, 15) is 4.79 Å². The molecule has 0 radical (unpaired) electrons. The smallest absolute Gasteiger partial charge is 0.239 e. The molecule has 20 heavy (non-hydrogen) atoms. The Morgan fingerprint density at radius 1 is 1.35 bits per heavy atom. The zero-order valence-corrected chi connectivity index (χ0v) is 13.6. The Labute approximate surface area is 130 Å². The molecule has 0 spiro atoms. The van der Waals surface area contributed by atoms with Crippen molar-refractivity contribution in [3.05, 3.63) is 30.3 Å². The zero-order valence-electron chi connectivity index (χ0n) is 11.2. The summed E-state index contributed by atoms with van der Waals surface area (Å²) >= 11 is 4.56. The quantitative estimate of drug-likeness (QED) is 0.647. The second-order valence-corrected chi connectivity index (χ2v) is 7.77. The number of nitrogens with one attached hydrogen (secondary N) is 1. The highest BCUT2D eigenvalue weighted by atomic mass is 32.2. The number of hydrogen-bond donors (Lipinski definition) is 1. The minimum absolute atomic E-state index is 0.0527. The molecule has 1 atom stereocenters. The lowest BCUT2D eigenvalue weighted by Crippen LogP contribution is -2.22. The monoisotopic (exact) mass is 325 g/mol. The highest BCUT2D eigenvalue weighted by Gasteiger charge is 2.16. The van der Waals surface area contributed by atoms with Crippen LogP contribution in [0.1, 0.15) is 13.8 Å². The summed E-state index contributed by atoms with van der Waals surface area (Å²) in [5.41, 5.74) is 0. The van der Waals surface area contributed by atoms with Crippen molar-refractivity contribution in [2.45, 2.75) is 28.3 Å². The molecular formula is C13H15N3OS3. The zero-order chi connectivity index (χ0) is 14.4. The van der Waals surface area contributed by atoms with Crippen LogP contribution in [0.2, 0.25) is 0 Å². The van der Waals surface area contributed by atoms with Crippen LogP contribution in [0.3, 0.4) is 0 Å². The summed E-state index contributed by atoms with van der Waals surface area (Å²) in [6.07, 6.45) is 0. The molecule has 0 bridgehead atoms. The Kier molecular flexibility index (Phi) is 5.87. The first-order valence-corrected chi connectivity index (χ1v) is 8.86. The van der Waals surface area contributed by atoms with Crippen LogP contribution in [0.4, 0.5) is 5.13 Å². The second-order valence-electron chi connectivity index (χ2n) is 3.87. The molecular weight excluding hydrogens is 310 g/mol. The number of thioether (sulfide) groups is 2. The van der Waals surface area contributed by atoms with Gasteiger partial charge in [-0.15, -0.1) is 22.0 Å². The van der Waals surface area contributed by atoms with E-state index in [-0.39, 0.29) is 11.2 Å². The molecule has 1 N–H and O–H groups in total. The summed E-state index contributed by atoms with van der Waals surface area (Å²) in [4.78, 5) is 13.2. The summed E-state index contributed by atoms with van der Waals surface area (Å²) in [5.74, 6) is 0.895. The molecule has 2 rings (SSSR count). The van der Waals surface area contributed by atoms with Crippen molar-refractivity contribution in [2.24, 2.45) is 0 Å². The lowest BCUT2D eigenvalue weighted by molar-refractivity contribution is -0.115. The molecule has 0 saturated carbocycles. The van der Waals surface area contributed by atoms with Crippen molar-refractivity contribution in [2.75, 3.05) is 11.1 Å². The second kappa shape index (κ2) is 7.66. The Balaban J connectivity index is 1.90. The molecule has 0 saturated heterocycles. The van der Waals surface area contributed by atoms with Gasteiger partial charge in [-0.25, -0.2) is 0 Å². The van der Waals surface area contributed by atoms with Gasteiger partial charge in [0.15, 0.2) is 4.34 Å². The summed E-state index contributed by atoms with van der Waals surface area (Å²) in [6.45, 7) is 3.94. The van der Waals surface area contributed by atoms with Crippen LogP contribution in [-0.2, 0) is 4.79 Å². The van der Waals surface area contributed by atoms with Crippen LogP contribution in [0.25, 0.3) is 0 Å². The lowest BCUT2D eigenvalue weighted by Gasteiger charge is -2.09. The number of hydrogen-bond acceptors (Lipinski definition) is 6. The Morgan fingerprint density at radius 2 is 2.10 bits per heavy atom.